The summed E-state index contributed by atoms with van der Waals surface area (Å²) in [7, 11) is 3.34. The van der Waals surface area contributed by atoms with Crippen LogP contribution in [-0.4, -0.2) is 31.4 Å². The number of benzene rings is 1. The third-order valence-electron chi connectivity index (χ3n) is 5.00. The molecule has 4 rings (SSSR count). The average molecular weight is 370 g/mol. The highest BCUT2D eigenvalue weighted by Crippen LogP contribution is 2.28. The maximum absolute atomic E-state index is 13.2. The van der Waals surface area contributed by atoms with Gasteiger partial charge in [0.05, 0.1) is 18.3 Å². The van der Waals surface area contributed by atoms with Gasteiger partial charge in [-0.2, -0.15) is 10.1 Å². The van der Waals surface area contributed by atoms with Gasteiger partial charge in [-0.05, 0) is 31.5 Å². The Morgan fingerprint density at radius 2 is 1.81 bits per heavy atom. The zero-order valence-electron chi connectivity index (χ0n) is 15.5. The molecule has 1 aliphatic heterocycles. The summed E-state index contributed by atoms with van der Waals surface area (Å²) < 4.78 is 17.5. The fourth-order valence-corrected chi connectivity index (χ4v) is 3.39. The molecule has 0 saturated carbocycles. The van der Waals surface area contributed by atoms with Crippen molar-refractivity contribution in [2.45, 2.75) is 26.4 Å². The summed E-state index contributed by atoms with van der Waals surface area (Å²) in [6.45, 7) is 3.87. The first-order chi connectivity index (χ1) is 12.8. The zero-order valence-corrected chi connectivity index (χ0v) is 15.5. The Morgan fingerprint density at radius 3 is 2.48 bits per heavy atom. The molecule has 0 N–H and O–H groups in total. The molecular formula is C18H19FN6O2. The van der Waals surface area contributed by atoms with Gasteiger partial charge in [-0.3, -0.25) is 18.5 Å². The fourth-order valence-electron chi connectivity index (χ4n) is 3.39. The van der Waals surface area contributed by atoms with Crippen molar-refractivity contribution < 1.29 is 4.39 Å². The molecule has 0 bridgehead atoms. The molecule has 140 valence electrons. The summed E-state index contributed by atoms with van der Waals surface area (Å²) in [5.41, 5.74) is 1.27. The van der Waals surface area contributed by atoms with Crippen LogP contribution in [0.1, 0.15) is 25.5 Å². The molecule has 0 radical (unpaired) electrons. The van der Waals surface area contributed by atoms with Crippen LogP contribution in [0.5, 0.6) is 0 Å². The Bertz CT molecular complexity index is 1200. The lowest BCUT2D eigenvalue weighted by Gasteiger charge is -2.26. The largest absolute Gasteiger partial charge is 0.332 e. The van der Waals surface area contributed by atoms with E-state index in [9.17, 15) is 14.0 Å². The number of imidazole rings is 1. The molecule has 8 nitrogen and oxygen atoms in total. The number of hydrazone groups is 1. The van der Waals surface area contributed by atoms with Crippen LogP contribution < -0.4 is 16.3 Å². The van der Waals surface area contributed by atoms with Gasteiger partial charge in [0, 0.05) is 14.1 Å². The number of rotatable bonds is 2. The molecule has 0 saturated heterocycles. The molecular weight excluding hydrogens is 351 g/mol. The van der Waals surface area contributed by atoms with Gasteiger partial charge >= 0.3 is 5.69 Å². The number of nitrogens with zero attached hydrogens (tertiary/aromatic N) is 6. The Labute approximate surface area is 153 Å². The van der Waals surface area contributed by atoms with E-state index in [4.69, 9.17) is 0 Å². The highest BCUT2D eigenvalue weighted by molar-refractivity contribution is 5.90. The van der Waals surface area contributed by atoms with Crippen LogP contribution in [0.25, 0.3) is 11.2 Å². The van der Waals surface area contributed by atoms with Crippen molar-refractivity contribution in [1.82, 2.24) is 18.7 Å². The van der Waals surface area contributed by atoms with Gasteiger partial charge in [0.15, 0.2) is 11.2 Å². The highest BCUT2D eigenvalue weighted by Gasteiger charge is 2.29. The van der Waals surface area contributed by atoms with Crippen molar-refractivity contribution in [3.63, 3.8) is 0 Å². The first-order valence-corrected chi connectivity index (χ1v) is 8.54. The van der Waals surface area contributed by atoms with Gasteiger partial charge in [0.2, 0.25) is 5.95 Å². The van der Waals surface area contributed by atoms with Crippen LogP contribution in [0.4, 0.5) is 10.3 Å². The smallest absolute Gasteiger partial charge is 0.294 e. The first kappa shape index (κ1) is 17.2. The van der Waals surface area contributed by atoms with Gasteiger partial charge in [0.25, 0.3) is 5.56 Å². The van der Waals surface area contributed by atoms with Crippen LogP contribution in [0, 0.1) is 5.82 Å². The molecule has 3 heterocycles. The minimum Gasteiger partial charge on any atom is -0.294 e. The zero-order chi connectivity index (χ0) is 19.5. The number of hydrogen-bond donors (Lipinski definition) is 0. The third-order valence-corrected chi connectivity index (χ3v) is 5.00. The molecule has 0 aliphatic carbocycles. The van der Waals surface area contributed by atoms with E-state index in [1.807, 2.05) is 13.8 Å². The quantitative estimate of drug-likeness (QED) is 0.684. The van der Waals surface area contributed by atoms with E-state index in [-0.39, 0.29) is 18.4 Å². The van der Waals surface area contributed by atoms with Crippen molar-refractivity contribution in [2.75, 3.05) is 12.1 Å². The molecule has 0 fully saturated rings. The molecule has 0 amide bonds. The fraction of sp³-hybridized carbons (Fsp3) is 0.333. The van der Waals surface area contributed by atoms with Crippen molar-refractivity contribution in [1.29, 1.82) is 0 Å². The topological polar surface area (TPSA) is 77.4 Å². The van der Waals surface area contributed by atoms with Crippen molar-refractivity contribution in [2.24, 2.45) is 12.1 Å². The Hall–Kier alpha value is -3.23. The second-order valence-corrected chi connectivity index (χ2v) is 6.75. The van der Waals surface area contributed by atoms with E-state index in [2.05, 4.69) is 10.1 Å². The molecule has 1 atom stereocenters. The normalized spacial score (nSPS) is 16.6. The standard InChI is InChI=1S/C18H19FN6O2/c1-10-11(2)25-14-15(20-17(25)23(4)21-10)22(3)18(27)24(16(14)26)9-12-5-7-13(19)8-6-12/h5-8,11H,9H2,1-4H3/t11-/m0/s1. The lowest BCUT2D eigenvalue weighted by Crippen LogP contribution is -2.40. The SMILES string of the molecule is CC1=NN(C)c2nc3c(c(=O)n(Cc4ccc(F)cc4)c(=O)n3C)n2[C@H]1C. The summed E-state index contributed by atoms with van der Waals surface area (Å²) in [5, 5.41) is 6.02. The molecule has 0 spiro atoms. The summed E-state index contributed by atoms with van der Waals surface area (Å²) in [6, 6.07) is 5.57. The van der Waals surface area contributed by atoms with Gasteiger partial charge in [-0.15, -0.1) is 0 Å². The Kier molecular flexibility index (Phi) is 3.76. The predicted octanol–water partition coefficient (Wildman–Crippen LogP) is 1.47. The maximum Gasteiger partial charge on any atom is 0.332 e. The number of halogens is 1. The van der Waals surface area contributed by atoms with Crippen LogP contribution in [-0.2, 0) is 13.6 Å². The van der Waals surface area contributed by atoms with Gasteiger partial charge < -0.3 is 0 Å². The van der Waals surface area contributed by atoms with Gasteiger partial charge in [-0.25, -0.2) is 14.2 Å². The molecule has 9 heteroatoms. The summed E-state index contributed by atoms with van der Waals surface area (Å²) in [4.78, 5) is 30.5. The van der Waals surface area contributed by atoms with Crippen LogP contribution >= 0.6 is 0 Å². The van der Waals surface area contributed by atoms with Gasteiger partial charge in [-0.1, -0.05) is 12.1 Å². The maximum atomic E-state index is 13.2. The third kappa shape index (κ3) is 2.49. The summed E-state index contributed by atoms with van der Waals surface area (Å²) >= 11 is 0. The molecule has 27 heavy (non-hydrogen) atoms. The minimum atomic E-state index is -0.472. The summed E-state index contributed by atoms with van der Waals surface area (Å²) in [6.07, 6.45) is 0. The van der Waals surface area contributed by atoms with E-state index >= 15 is 0 Å². The number of aryl methyl sites for hydroxylation is 1. The first-order valence-electron chi connectivity index (χ1n) is 8.54. The van der Waals surface area contributed by atoms with E-state index in [0.717, 1.165) is 10.3 Å². The number of aromatic nitrogens is 4. The lowest BCUT2D eigenvalue weighted by molar-refractivity contribution is 0.621. The molecule has 0 unspecified atom stereocenters. The average Bonchev–Trinajstić information content (AvgIpc) is 3.05. The monoisotopic (exact) mass is 370 g/mol. The second-order valence-electron chi connectivity index (χ2n) is 6.75. The van der Waals surface area contributed by atoms with Crippen molar-refractivity contribution in [3.8, 4) is 0 Å². The van der Waals surface area contributed by atoms with Crippen molar-refractivity contribution >= 4 is 22.8 Å². The van der Waals surface area contributed by atoms with Crippen LogP contribution in [0.3, 0.4) is 0 Å². The van der Waals surface area contributed by atoms with Crippen LogP contribution in [0.15, 0.2) is 39.0 Å². The Morgan fingerprint density at radius 1 is 1.15 bits per heavy atom. The van der Waals surface area contributed by atoms with E-state index in [1.54, 1.807) is 35.8 Å². The molecule has 1 aliphatic rings. The lowest BCUT2D eigenvalue weighted by atomic mass is 10.2. The molecule has 3 aromatic rings. The van der Waals surface area contributed by atoms with Gasteiger partial charge in [0.1, 0.15) is 5.82 Å². The number of anilines is 1. The minimum absolute atomic E-state index is 0.0551. The number of fused-ring (bicyclic) bond motifs is 3. The molecule has 1 aromatic carbocycles. The Balaban J connectivity index is 1.99. The predicted molar refractivity (Wildman–Crippen MR) is 101 cm³/mol. The highest BCUT2D eigenvalue weighted by atomic mass is 19.1. The summed E-state index contributed by atoms with van der Waals surface area (Å²) in [5.74, 6) is 0.140. The number of hydrogen-bond acceptors (Lipinski definition) is 5. The molecule has 2 aromatic heterocycles. The van der Waals surface area contributed by atoms with E-state index in [0.29, 0.717) is 22.7 Å². The van der Waals surface area contributed by atoms with Crippen molar-refractivity contribution in [3.05, 3.63) is 56.5 Å². The second kappa shape index (κ2) is 5.90. The van der Waals surface area contributed by atoms with E-state index < -0.39 is 11.2 Å². The van der Waals surface area contributed by atoms with Crippen LogP contribution in [0.2, 0.25) is 0 Å². The van der Waals surface area contributed by atoms with E-state index in [1.165, 1.54) is 16.7 Å².